The lowest BCUT2D eigenvalue weighted by molar-refractivity contribution is -0.113. The average molecular weight is 398 g/mol. The average Bonchev–Trinajstić information content (AvgIpc) is 3.33. The number of rotatable bonds is 6. The first-order valence-electron chi connectivity index (χ1n) is 7.97. The zero-order chi connectivity index (χ0) is 18.6. The molecule has 0 aliphatic heterocycles. The zero-order valence-corrected chi connectivity index (χ0v) is 15.8. The number of amides is 1. The van der Waals surface area contributed by atoms with Crippen molar-refractivity contribution >= 4 is 44.4 Å². The van der Waals surface area contributed by atoms with Crippen LogP contribution in [-0.2, 0) is 4.79 Å². The fraction of sp³-hybridized carbons (Fsp3) is 0.111. The van der Waals surface area contributed by atoms with Gasteiger partial charge in [-0.05, 0) is 30.3 Å². The SMILES string of the molecule is COc1ccc2nc(NC(=O)CSc3nnc(-c4ccccc4)o3)sc2c1. The molecule has 0 aliphatic carbocycles. The van der Waals surface area contributed by atoms with Gasteiger partial charge in [-0.1, -0.05) is 41.3 Å². The Hall–Kier alpha value is -2.91. The smallest absolute Gasteiger partial charge is 0.277 e. The highest BCUT2D eigenvalue weighted by atomic mass is 32.2. The lowest BCUT2D eigenvalue weighted by Crippen LogP contribution is -2.13. The number of fused-ring (bicyclic) bond motifs is 1. The molecule has 0 spiro atoms. The van der Waals surface area contributed by atoms with Gasteiger partial charge in [0.15, 0.2) is 5.13 Å². The van der Waals surface area contributed by atoms with Crippen LogP contribution in [0, 0.1) is 0 Å². The Kier molecular flexibility index (Phi) is 5.03. The number of hydrogen-bond donors (Lipinski definition) is 1. The van der Waals surface area contributed by atoms with Crippen LogP contribution in [0.2, 0.25) is 0 Å². The van der Waals surface area contributed by atoms with Crippen molar-refractivity contribution < 1.29 is 13.9 Å². The van der Waals surface area contributed by atoms with E-state index in [4.69, 9.17) is 9.15 Å². The number of nitrogens with zero attached hydrogens (tertiary/aromatic N) is 3. The van der Waals surface area contributed by atoms with Crippen LogP contribution in [0.15, 0.2) is 58.2 Å². The molecule has 0 saturated heterocycles. The molecule has 4 rings (SSSR count). The Morgan fingerprint density at radius 2 is 2.07 bits per heavy atom. The van der Waals surface area contributed by atoms with Crippen molar-refractivity contribution in [2.45, 2.75) is 5.22 Å². The van der Waals surface area contributed by atoms with Gasteiger partial charge in [0.1, 0.15) is 5.75 Å². The number of ether oxygens (including phenoxy) is 1. The monoisotopic (exact) mass is 398 g/mol. The van der Waals surface area contributed by atoms with Crippen LogP contribution in [0.5, 0.6) is 5.75 Å². The molecule has 0 radical (unpaired) electrons. The fourth-order valence-corrected chi connectivity index (χ4v) is 3.81. The number of nitrogens with one attached hydrogen (secondary N) is 1. The van der Waals surface area contributed by atoms with E-state index < -0.39 is 0 Å². The van der Waals surface area contributed by atoms with Crippen LogP contribution in [0.3, 0.4) is 0 Å². The summed E-state index contributed by atoms with van der Waals surface area (Å²) in [6.07, 6.45) is 0. The maximum atomic E-state index is 12.2. The molecule has 0 saturated carbocycles. The van der Waals surface area contributed by atoms with E-state index in [9.17, 15) is 4.79 Å². The number of aromatic nitrogens is 3. The number of carbonyl (C=O) groups excluding carboxylic acids is 1. The van der Waals surface area contributed by atoms with Crippen molar-refractivity contribution in [2.24, 2.45) is 0 Å². The number of carbonyl (C=O) groups is 1. The summed E-state index contributed by atoms with van der Waals surface area (Å²) in [4.78, 5) is 16.6. The molecule has 0 bridgehead atoms. The van der Waals surface area contributed by atoms with E-state index in [0.717, 1.165) is 21.5 Å². The number of benzene rings is 2. The van der Waals surface area contributed by atoms with E-state index >= 15 is 0 Å². The van der Waals surface area contributed by atoms with Crippen molar-refractivity contribution in [2.75, 3.05) is 18.2 Å². The first-order valence-corrected chi connectivity index (χ1v) is 9.77. The largest absolute Gasteiger partial charge is 0.497 e. The Morgan fingerprint density at radius 1 is 1.22 bits per heavy atom. The molecule has 2 aromatic carbocycles. The summed E-state index contributed by atoms with van der Waals surface area (Å²) < 4.78 is 11.7. The highest BCUT2D eigenvalue weighted by molar-refractivity contribution is 7.99. The van der Waals surface area contributed by atoms with E-state index in [1.807, 2.05) is 48.5 Å². The van der Waals surface area contributed by atoms with Crippen molar-refractivity contribution in [1.29, 1.82) is 0 Å². The molecule has 136 valence electrons. The lowest BCUT2D eigenvalue weighted by atomic mass is 10.2. The standard InChI is InChI=1S/C18H14N4O3S2/c1-24-12-7-8-13-14(9-12)27-17(19-13)20-15(23)10-26-18-22-21-16(25-18)11-5-3-2-4-6-11/h2-9H,10H2,1H3,(H,19,20,23). The van der Waals surface area contributed by atoms with Gasteiger partial charge in [0.25, 0.3) is 5.22 Å². The van der Waals surface area contributed by atoms with Crippen LogP contribution in [-0.4, -0.2) is 34.0 Å². The second-order valence-electron chi connectivity index (χ2n) is 5.43. The van der Waals surface area contributed by atoms with Gasteiger partial charge in [-0.3, -0.25) is 4.79 Å². The topological polar surface area (TPSA) is 90.1 Å². The summed E-state index contributed by atoms with van der Waals surface area (Å²) >= 11 is 2.58. The van der Waals surface area contributed by atoms with Crippen LogP contribution < -0.4 is 10.1 Å². The van der Waals surface area contributed by atoms with Gasteiger partial charge in [0.2, 0.25) is 11.8 Å². The third-order valence-electron chi connectivity index (χ3n) is 3.60. The molecular weight excluding hydrogens is 384 g/mol. The first kappa shape index (κ1) is 17.5. The molecule has 1 N–H and O–H groups in total. The molecule has 4 aromatic rings. The third-order valence-corrected chi connectivity index (χ3v) is 5.35. The van der Waals surface area contributed by atoms with Gasteiger partial charge in [-0.2, -0.15) is 0 Å². The highest BCUT2D eigenvalue weighted by Crippen LogP contribution is 2.29. The van der Waals surface area contributed by atoms with Gasteiger partial charge in [0.05, 0.1) is 23.1 Å². The van der Waals surface area contributed by atoms with Gasteiger partial charge in [-0.15, -0.1) is 10.2 Å². The van der Waals surface area contributed by atoms with Gasteiger partial charge >= 0.3 is 0 Å². The van der Waals surface area contributed by atoms with E-state index in [1.54, 1.807) is 7.11 Å². The summed E-state index contributed by atoms with van der Waals surface area (Å²) in [5.41, 5.74) is 1.65. The third kappa shape index (κ3) is 4.09. The molecule has 1 amide bonds. The molecule has 7 nitrogen and oxygen atoms in total. The summed E-state index contributed by atoms with van der Waals surface area (Å²) in [6, 6.07) is 15.1. The predicted octanol–water partition coefficient (Wildman–Crippen LogP) is 4.09. The Labute approximate surface area is 162 Å². The molecule has 27 heavy (non-hydrogen) atoms. The van der Waals surface area contributed by atoms with Crippen molar-refractivity contribution in [3.8, 4) is 17.2 Å². The second-order valence-corrected chi connectivity index (χ2v) is 7.39. The quantitative estimate of drug-likeness (QED) is 0.489. The molecule has 2 aromatic heterocycles. The molecule has 0 fully saturated rings. The van der Waals surface area contributed by atoms with Crippen LogP contribution >= 0.6 is 23.1 Å². The molecular formula is C18H14N4O3S2. The number of anilines is 1. The number of methoxy groups -OCH3 is 1. The molecule has 0 atom stereocenters. The minimum Gasteiger partial charge on any atom is -0.497 e. The zero-order valence-electron chi connectivity index (χ0n) is 14.2. The minimum absolute atomic E-state index is 0.148. The van der Waals surface area contributed by atoms with E-state index in [2.05, 4.69) is 20.5 Å². The maximum Gasteiger partial charge on any atom is 0.277 e. The first-order chi connectivity index (χ1) is 13.2. The highest BCUT2D eigenvalue weighted by Gasteiger charge is 2.13. The Balaban J connectivity index is 1.37. The van der Waals surface area contributed by atoms with Crippen molar-refractivity contribution in [3.63, 3.8) is 0 Å². The summed E-state index contributed by atoms with van der Waals surface area (Å²) in [5.74, 6) is 1.14. The second kappa shape index (κ2) is 7.77. The van der Waals surface area contributed by atoms with E-state index in [1.165, 1.54) is 23.1 Å². The summed E-state index contributed by atoms with van der Waals surface area (Å²) in [5, 5.41) is 11.6. The number of hydrogen-bond acceptors (Lipinski definition) is 8. The van der Waals surface area contributed by atoms with E-state index in [-0.39, 0.29) is 11.7 Å². The van der Waals surface area contributed by atoms with Crippen LogP contribution in [0.1, 0.15) is 0 Å². The van der Waals surface area contributed by atoms with Gasteiger partial charge in [-0.25, -0.2) is 4.98 Å². The minimum atomic E-state index is -0.189. The lowest BCUT2D eigenvalue weighted by Gasteiger charge is -1.98. The van der Waals surface area contributed by atoms with Gasteiger partial charge in [0, 0.05) is 5.56 Å². The summed E-state index contributed by atoms with van der Waals surface area (Å²) in [7, 11) is 1.61. The normalized spacial score (nSPS) is 10.9. The Bertz CT molecular complexity index is 1080. The maximum absolute atomic E-state index is 12.2. The van der Waals surface area contributed by atoms with E-state index in [0.29, 0.717) is 16.2 Å². The van der Waals surface area contributed by atoms with Crippen molar-refractivity contribution in [3.05, 3.63) is 48.5 Å². The summed E-state index contributed by atoms with van der Waals surface area (Å²) in [6.45, 7) is 0. The predicted molar refractivity (Wildman–Crippen MR) is 105 cm³/mol. The number of thiazole rings is 1. The van der Waals surface area contributed by atoms with Gasteiger partial charge < -0.3 is 14.5 Å². The molecule has 0 unspecified atom stereocenters. The number of thioether (sulfide) groups is 1. The molecule has 9 heteroatoms. The fourth-order valence-electron chi connectivity index (χ4n) is 2.33. The molecule has 0 aliphatic rings. The molecule has 2 heterocycles. The van der Waals surface area contributed by atoms with Crippen LogP contribution in [0.25, 0.3) is 21.7 Å². The Morgan fingerprint density at radius 3 is 2.89 bits per heavy atom. The van der Waals surface area contributed by atoms with Crippen molar-refractivity contribution in [1.82, 2.24) is 15.2 Å². The van der Waals surface area contributed by atoms with Crippen LogP contribution in [0.4, 0.5) is 5.13 Å².